The van der Waals surface area contributed by atoms with Gasteiger partial charge in [-0.3, -0.25) is 9.59 Å². The lowest BCUT2D eigenvalue weighted by atomic mass is 10.1. The minimum Gasteiger partial charge on any atom is -0.493 e. The van der Waals surface area contributed by atoms with Crippen LogP contribution in [0, 0.1) is 5.92 Å². The topological polar surface area (TPSA) is 76.1 Å². The van der Waals surface area contributed by atoms with Gasteiger partial charge >= 0.3 is 5.97 Å². The molecule has 1 saturated heterocycles. The first-order valence-electron chi connectivity index (χ1n) is 9.91. The van der Waals surface area contributed by atoms with Crippen LogP contribution >= 0.6 is 0 Å². The summed E-state index contributed by atoms with van der Waals surface area (Å²) in [5.41, 5.74) is 2.23. The molecule has 0 aliphatic carbocycles. The summed E-state index contributed by atoms with van der Waals surface area (Å²) in [6.45, 7) is 1.30. The minimum atomic E-state index is -0.912. The van der Waals surface area contributed by atoms with E-state index in [-0.39, 0.29) is 18.9 Å². The van der Waals surface area contributed by atoms with Crippen molar-refractivity contribution < 1.29 is 24.2 Å². The molecule has 6 nitrogen and oxygen atoms in total. The van der Waals surface area contributed by atoms with Crippen LogP contribution in [0.5, 0.6) is 11.5 Å². The summed E-state index contributed by atoms with van der Waals surface area (Å²) < 4.78 is 11.5. The largest absolute Gasteiger partial charge is 0.493 e. The van der Waals surface area contributed by atoms with E-state index in [1.807, 2.05) is 36.4 Å². The van der Waals surface area contributed by atoms with E-state index in [4.69, 9.17) is 14.6 Å². The van der Waals surface area contributed by atoms with Gasteiger partial charge in [-0.05, 0) is 36.5 Å². The molecule has 0 aromatic heterocycles. The average molecular weight is 397 g/mol. The lowest BCUT2D eigenvalue weighted by Crippen LogP contribution is -2.28. The Balaban J connectivity index is 1.58. The van der Waals surface area contributed by atoms with Gasteiger partial charge in [0.15, 0.2) is 11.5 Å². The Kier molecular flexibility index (Phi) is 7.11. The third-order valence-corrected chi connectivity index (χ3v) is 5.19. The van der Waals surface area contributed by atoms with E-state index in [9.17, 15) is 9.59 Å². The molecule has 1 aliphatic rings. The van der Waals surface area contributed by atoms with Gasteiger partial charge in [-0.1, -0.05) is 42.5 Å². The van der Waals surface area contributed by atoms with E-state index in [1.54, 1.807) is 12.0 Å². The monoisotopic (exact) mass is 397 g/mol. The molecular weight excluding hydrogens is 370 g/mol. The van der Waals surface area contributed by atoms with E-state index >= 15 is 0 Å². The first-order valence-corrected chi connectivity index (χ1v) is 9.91. The van der Waals surface area contributed by atoms with Crippen LogP contribution in [0.4, 0.5) is 0 Å². The second kappa shape index (κ2) is 9.96. The summed E-state index contributed by atoms with van der Waals surface area (Å²) >= 11 is 0. The van der Waals surface area contributed by atoms with Gasteiger partial charge < -0.3 is 19.5 Å². The molecule has 1 N–H and O–H groups in total. The molecule has 1 fully saturated rings. The Hall–Kier alpha value is -3.02. The quantitative estimate of drug-likeness (QED) is 0.623. The summed E-state index contributed by atoms with van der Waals surface area (Å²) in [6, 6.07) is 16.0. The molecule has 29 heavy (non-hydrogen) atoms. The minimum absolute atomic E-state index is 0.0797. The molecule has 3 rings (SSSR count). The smallest absolute Gasteiger partial charge is 0.308 e. The molecule has 0 radical (unpaired) electrons. The van der Waals surface area contributed by atoms with Gasteiger partial charge in [0.1, 0.15) is 0 Å². The van der Waals surface area contributed by atoms with Crippen molar-refractivity contribution in [3.05, 3.63) is 59.7 Å². The van der Waals surface area contributed by atoms with Crippen LogP contribution in [0.3, 0.4) is 0 Å². The highest BCUT2D eigenvalue weighted by molar-refractivity contribution is 5.86. The number of aliphatic carboxylic acids is 1. The zero-order chi connectivity index (χ0) is 20.6. The standard InChI is InChI=1S/C23H27NO5/c1-28-20-11-5-10-18(12-13-24-16-19(23(26)27)15-21(24)25)22(20)29-14-6-9-17-7-3-2-4-8-17/h2-5,7-8,10-11,19H,6,9,12-16H2,1H3,(H,26,27). The third-order valence-electron chi connectivity index (χ3n) is 5.19. The second-order valence-electron chi connectivity index (χ2n) is 7.22. The van der Waals surface area contributed by atoms with Crippen molar-refractivity contribution in [1.82, 2.24) is 4.90 Å². The first-order chi connectivity index (χ1) is 14.1. The number of likely N-dealkylation sites (tertiary alicyclic amines) is 1. The Morgan fingerprint density at radius 2 is 1.93 bits per heavy atom. The number of nitrogens with zero attached hydrogens (tertiary/aromatic N) is 1. The van der Waals surface area contributed by atoms with Crippen LogP contribution in [0.25, 0.3) is 0 Å². The fourth-order valence-electron chi connectivity index (χ4n) is 3.59. The van der Waals surface area contributed by atoms with Gasteiger partial charge in [0.25, 0.3) is 0 Å². The summed E-state index contributed by atoms with van der Waals surface area (Å²) in [5, 5.41) is 9.13. The SMILES string of the molecule is COc1cccc(CCN2CC(C(=O)O)CC2=O)c1OCCCc1ccccc1. The summed E-state index contributed by atoms with van der Waals surface area (Å²) in [4.78, 5) is 24.8. The van der Waals surface area contributed by atoms with Gasteiger partial charge in [-0.15, -0.1) is 0 Å². The van der Waals surface area contributed by atoms with Gasteiger partial charge in [-0.25, -0.2) is 0 Å². The first kappa shape index (κ1) is 20.7. The molecule has 2 aromatic rings. The van der Waals surface area contributed by atoms with Gasteiger partial charge in [0.05, 0.1) is 19.6 Å². The molecule has 154 valence electrons. The maximum Gasteiger partial charge on any atom is 0.308 e. The Bertz CT molecular complexity index is 836. The maximum atomic E-state index is 12.1. The number of carboxylic acids is 1. The summed E-state index contributed by atoms with van der Waals surface area (Å²) in [6.07, 6.45) is 2.48. The van der Waals surface area contributed by atoms with Gasteiger partial charge in [0, 0.05) is 19.5 Å². The van der Waals surface area contributed by atoms with Crippen molar-refractivity contribution in [2.24, 2.45) is 5.92 Å². The molecule has 1 unspecified atom stereocenters. The van der Waals surface area contributed by atoms with Crippen LogP contribution in [-0.2, 0) is 22.4 Å². The normalized spacial score (nSPS) is 16.1. The summed E-state index contributed by atoms with van der Waals surface area (Å²) in [7, 11) is 1.61. The fourth-order valence-corrected chi connectivity index (χ4v) is 3.59. The number of carbonyl (C=O) groups excluding carboxylic acids is 1. The number of benzene rings is 2. The van der Waals surface area contributed by atoms with E-state index in [1.165, 1.54) is 5.56 Å². The lowest BCUT2D eigenvalue weighted by molar-refractivity contribution is -0.141. The predicted octanol–water partition coefficient (Wildman–Crippen LogP) is 3.18. The lowest BCUT2D eigenvalue weighted by Gasteiger charge is -2.19. The van der Waals surface area contributed by atoms with Crippen LogP contribution in [0.15, 0.2) is 48.5 Å². The number of carbonyl (C=O) groups is 2. The highest BCUT2D eigenvalue weighted by atomic mass is 16.5. The number of para-hydroxylation sites is 1. The fraction of sp³-hybridized carbons (Fsp3) is 0.391. The number of ether oxygens (including phenoxy) is 2. The van der Waals surface area contributed by atoms with E-state index < -0.39 is 11.9 Å². The number of carboxylic acid groups (broad SMARTS) is 1. The van der Waals surface area contributed by atoms with Gasteiger partial charge in [0.2, 0.25) is 5.91 Å². The van der Waals surface area contributed by atoms with E-state index in [0.29, 0.717) is 31.1 Å². The highest BCUT2D eigenvalue weighted by Gasteiger charge is 2.33. The zero-order valence-electron chi connectivity index (χ0n) is 16.7. The van der Waals surface area contributed by atoms with E-state index in [2.05, 4.69) is 12.1 Å². The highest BCUT2D eigenvalue weighted by Crippen LogP contribution is 2.32. The molecular formula is C23H27NO5. The Morgan fingerprint density at radius 1 is 1.14 bits per heavy atom. The molecule has 0 saturated carbocycles. The summed E-state index contributed by atoms with van der Waals surface area (Å²) in [5.74, 6) is -0.264. The van der Waals surface area contributed by atoms with Crippen LogP contribution in [0.1, 0.15) is 24.0 Å². The van der Waals surface area contributed by atoms with E-state index in [0.717, 1.165) is 18.4 Å². The molecule has 6 heteroatoms. The number of hydrogen-bond donors (Lipinski definition) is 1. The molecule has 2 aromatic carbocycles. The van der Waals surface area contributed by atoms with Crippen molar-refractivity contribution in [1.29, 1.82) is 0 Å². The van der Waals surface area contributed by atoms with Crippen molar-refractivity contribution >= 4 is 11.9 Å². The molecule has 1 amide bonds. The average Bonchev–Trinajstić information content (AvgIpc) is 3.11. The van der Waals surface area contributed by atoms with Crippen molar-refractivity contribution in [2.45, 2.75) is 25.7 Å². The van der Waals surface area contributed by atoms with Crippen LogP contribution in [0.2, 0.25) is 0 Å². The van der Waals surface area contributed by atoms with Crippen molar-refractivity contribution in [3.8, 4) is 11.5 Å². The van der Waals surface area contributed by atoms with Crippen LogP contribution in [-0.4, -0.2) is 48.7 Å². The number of rotatable bonds is 10. The molecule has 0 spiro atoms. The second-order valence-corrected chi connectivity index (χ2v) is 7.22. The number of amides is 1. The third kappa shape index (κ3) is 5.50. The van der Waals surface area contributed by atoms with Crippen molar-refractivity contribution in [3.63, 3.8) is 0 Å². The molecule has 1 heterocycles. The predicted molar refractivity (Wildman–Crippen MR) is 109 cm³/mol. The molecule has 0 bridgehead atoms. The van der Waals surface area contributed by atoms with Gasteiger partial charge in [-0.2, -0.15) is 0 Å². The Morgan fingerprint density at radius 3 is 2.62 bits per heavy atom. The Labute approximate surface area is 171 Å². The number of aryl methyl sites for hydroxylation is 1. The maximum absolute atomic E-state index is 12.1. The molecule has 1 aliphatic heterocycles. The zero-order valence-corrected chi connectivity index (χ0v) is 16.7. The number of hydrogen-bond acceptors (Lipinski definition) is 4. The van der Waals surface area contributed by atoms with Crippen molar-refractivity contribution in [2.75, 3.05) is 26.8 Å². The molecule has 1 atom stereocenters. The van der Waals surface area contributed by atoms with Crippen LogP contribution < -0.4 is 9.47 Å². The number of methoxy groups -OCH3 is 1.